The van der Waals surface area contributed by atoms with Crippen molar-refractivity contribution < 1.29 is 28.9 Å². The number of anilines is 4. The minimum atomic E-state index is -0.519. The summed E-state index contributed by atoms with van der Waals surface area (Å²) >= 11 is 3.32. The minimum absolute atomic E-state index is 0.136. The topological polar surface area (TPSA) is 251 Å². The summed E-state index contributed by atoms with van der Waals surface area (Å²) in [5, 5.41) is 29.4. The number of rotatable bonds is 11. The van der Waals surface area contributed by atoms with Gasteiger partial charge in [-0.1, -0.05) is 64.5 Å². The molecular formula is C89H93BrN10O8. The highest BCUT2D eigenvalue weighted by Crippen LogP contribution is 2.50. The number of nitrogens with two attached hydrogens (primary N) is 2. The zero-order valence-corrected chi connectivity index (χ0v) is 64.2. The van der Waals surface area contributed by atoms with E-state index in [0.29, 0.717) is 23.7 Å². The van der Waals surface area contributed by atoms with Gasteiger partial charge in [0.05, 0.1) is 44.6 Å². The summed E-state index contributed by atoms with van der Waals surface area (Å²) in [5.74, 6) is 3.30. The Morgan fingerprint density at radius 3 is 1.27 bits per heavy atom. The third-order valence-electron chi connectivity index (χ3n) is 20.5. The molecule has 0 aliphatic heterocycles. The second-order valence-corrected chi connectivity index (χ2v) is 32.6. The number of allylic oxidation sites excluding steroid dienone is 4. The molecule has 9 aliphatic carbocycles. The van der Waals surface area contributed by atoms with Crippen molar-refractivity contribution in [1.82, 2.24) is 19.1 Å². The standard InChI is InChI=1S/C22H25N3O2.C17H17N3.C17H21NO2.C12H11NO2.C12H13N.C9H6BrNO2/c1-14-5-8-18(13-23-14)25-10-9-16-11-17(24-21(26)27-22(2,3)4)12-19(20(16)25)15-6-7-15;1-11-2-5-15(10-19-11)20-7-6-13-8-14(18)9-16(17(13)20)12-3-4-12;1-17(2,3)20-16(19)18-13-9-12-5-4-6-14(12)15(10-13)11-7-8-11;14-13(15)10-6-9-2-1-3-11(9)12(7-10)8-4-5-8;13-10-6-9-2-1-3-11(9)12(7-10)8-4-5-8;10-9-5-7(11(12)13)4-6-2-1-3-8(6)9/h5,8-13,15H,6-7H2,1-4H3,(H,24,26);2,5-10,12H,3-4,18H2,1H3;4-5,9-11H,6-8H2,1-3H3,(H,18,19);1-2,6-8H,3-5H2;1-2,6-8H,3-5,13H2;1-2,4-5H,3H2. The molecular weight excluding hydrogens is 1420 g/mol. The number of aryl methyl sites for hydroxylation is 2. The molecule has 6 aromatic carbocycles. The van der Waals surface area contributed by atoms with Crippen LogP contribution in [0.5, 0.6) is 0 Å². The molecule has 5 saturated carbocycles. The Morgan fingerprint density at radius 1 is 0.463 bits per heavy atom. The second-order valence-electron chi connectivity index (χ2n) is 31.7. The van der Waals surface area contributed by atoms with Crippen LogP contribution >= 0.6 is 15.9 Å². The monoisotopic (exact) mass is 1510 g/mol. The van der Waals surface area contributed by atoms with Gasteiger partial charge in [0.15, 0.2) is 0 Å². The number of carbonyl (C=O) groups is 2. The summed E-state index contributed by atoms with van der Waals surface area (Å²) in [6.45, 7) is 15.2. The van der Waals surface area contributed by atoms with Crippen LogP contribution in [0.15, 0.2) is 163 Å². The van der Waals surface area contributed by atoms with Gasteiger partial charge in [0, 0.05) is 86.0 Å². The van der Waals surface area contributed by atoms with Gasteiger partial charge in [-0.05, 0) is 332 Å². The number of hydrogen-bond donors (Lipinski definition) is 4. The van der Waals surface area contributed by atoms with E-state index >= 15 is 0 Å². The van der Waals surface area contributed by atoms with E-state index in [1.165, 1.54) is 136 Å². The predicted octanol–water partition coefficient (Wildman–Crippen LogP) is 22.5. The first-order valence-corrected chi connectivity index (χ1v) is 38.5. The van der Waals surface area contributed by atoms with Crippen molar-refractivity contribution in [3.8, 4) is 11.4 Å². The van der Waals surface area contributed by atoms with Crippen LogP contribution in [0.25, 0.3) is 57.5 Å². The molecule has 2 amide bonds. The SMILES string of the molecule is CC(C)(C)OC(=O)Nc1cc2c(c(C3CC3)c1)CC=C2.Cc1ccc(-n2ccc3cc(N)cc(C4CC4)c32)cn1.Cc1ccc(-n2ccc3cc(NC(=O)OC(C)(C)C)cc(C4CC4)c32)cn1.Nc1cc2c(c(C3CC3)c1)CC=C2.O=[N+]([O-])c1cc(Br)c2c(c1)C=CC2.O=[N+]([O-])c1cc2c(c(C3CC3)c1)CC=C2. The van der Waals surface area contributed by atoms with Gasteiger partial charge in [-0.3, -0.25) is 40.8 Å². The normalized spacial score (nSPS) is 15.8. The quantitative estimate of drug-likeness (QED) is 0.0536. The number of fused-ring (bicyclic) bond motifs is 6. The van der Waals surface area contributed by atoms with Crippen molar-refractivity contribution >= 4 is 108 Å². The number of halogens is 1. The van der Waals surface area contributed by atoms with Crippen LogP contribution in [0.1, 0.15) is 219 Å². The van der Waals surface area contributed by atoms with Crippen LogP contribution in [-0.2, 0) is 35.2 Å². The van der Waals surface area contributed by atoms with Crippen molar-refractivity contribution in [2.75, 3.05) is 22.1 Å². The molecule has 4 aromatic heterocycles. The highest BCUT2D eigenvalue weighted by molar-refractivity contribution is 9.10. The maximum absolute atomic E-state index is 12.2. The first-order chi connectivity index (χ1) is 51.7. The number of nitro benzene ring substituents is 2. The first-order valence-electron chi connectivity index (χ1n) is 37.7. The number of hydrogen-bond acceptors (Lipinski definition) is 12. The summed E-state index contributed by atoms with van der Waals surface area (Å²) in [7, 11) is 0. The summed E-state index contributed by atoms with van der Waals surface area (Å²) in [6, 6.07) is 35.8. The smallest absolute Gasteiger partial charge is 0.412 e. The molecule has 19 rings (SSSR count). The van der Waals surface area contributed by atoms with Crippen molar-refractivity contribution in [3.63, 3.8) is 0 Å². The molecule has 4 heterocycles. The van der Waals surface area contributed by atoms with Crippen LogP contribution < -0.4 is 22.1 Å². The van der Waals surface area contributed by atoms with Gasteiger partial charge >= 0.3 is 12.2 Å². The number of nitrogen functional groups attached to an aromatic ring is 2. The number of amides is 2. The van der Waals surface area contributed by atoms with Crippen molar-refractivity contribution in [3.05, 3.63) is 267 Å². The van der Waals surface area contributed by atoms with Crippen molar-refractivity contribution in [2.45, 2.75) is 186 Å². The fraction of sp³-hybridized carbons (Fsp3) is 0.326. The van der Waals surface area contributed by atoms with Crippen LogP contribution in [0.4, 0.5) is 43.7 Å². The predicted molar refractivity (Wildman–Crippen MR) is 438 cm³/mol. The second kappa shape index (κ2) is 30.7. The summed E-state index contributed by atoms with van der Waals surface area (Å²) in [4.78, 5) is 53.5. The zero-order chi connectivity index (χ0) is 75.9. The van der Waals surface area contributed by atoms with Crippen molar-refractivity contribution in [1.29, 1.82) is 0 Å². The number of nitrogens with one attached hydrogen (secondary N) is 2. The van der Waals surface area contributed by atoms with Crippen LogP contribution in [0.2, 0.25) is 0 Å². The number of carbonyl (C=O) groups excluding carboxylic acids is 2. The molecule has 0 radical (unpaired) electrons. The molecule has 6 N–H and O–H groups in total. The van der Waals surface area contributed by atoms with E-state index in [-0.39, 0.29) is 27.3 Å². The Labute approximate surface area is 638 Å². The Balaban J connectivity index is 0.000000110. The Bertz CT molecular complexity index is 5280. The molecule has 19 heteroatoms. The lowest BCUT2D eigenvalue weighted by Gasteiger charge is -2.20. The van der Waals surface area contributed by atoms with Gasteiger partial charge in [0.1, 0.15) is 11.2 Å². The number of benzene rings is 6. The Hall–Kier alpha value is -10.9. The summed E-state index contributed by atoms with van der Waals surface area (Å²) < 4.78 is 15.9. The maximum Gasteiger partial charge on any atom is 0.412 e. The number of nitro groups is 2. The van der Waals surface area contributed by atoms with E-state index in [0.717, 1.165) is 104 Å². The molecule has 0 saturated heterocycles. The molecule has 18 nitrogen and oxygen atoms in total. The number of non-ortho nitro benzene ring substituents is 2. The van der Waals surface area contributed by atoms with E-state index in [9.17, 15) is 29.8 Å². The lowest BCUT2D eigenvalue weighted by atomic mass is 9.98. The largest absolute Gasteiger partial charge is 0.444 e. The zero-order valence-electron chi connectivity index (χ0n) is 62.6. The number of ether oxygens (including phenoxy) is 2. The minimum Gasteiger partial charge on any atom is -0.444 e. The Morgan fingerprint density at radius 2 is 0.824 bits per heavy atom. The fourth-order valence-electron chi connectivity index (χ4n) is 14.7. The third-order valence-corrected chi connectivity index (χ3v) is 21.2. The van der Waals surface area contributed by atoms with E-state index in [4.69, 9.17) is 20.9 Å². The van der Waals surface area contributed by atoms with Gasteiger partial charge in [0.2, 0.25) is 0 Å². The van der Waals surface area contributed by atoms with Gasteiger partial charge in [-0.15, -0.1) is 0 Å². The Kier molecular flexibility index (Phi) is 21.1. The number of pyridine rings is 2. The van der Waals surface area contributed by atoms with Crippen molar-refractivity contribution in [2.24, 2.45) is 0 Å². The molecule has 0 bridgehead atoms. The summed E-state index contributed by atoms with van der Waals surface area (Å²) in [5.41, 5.74) is 38.1. The molecule has 9 aliphatic rings. The number of aromatic nitrogens is 4. The van der Waals surface area contributed by atoms with Gasteiger partial charge in [0.25, 0.3) is 11.4 Å². The molecule has 554 valence electrons. The highest BCUT2D eigenvalue weighted by Gasteiger charge is 2.34. The van der Waals surface area contributed by atoms with Gasteiger partial charge in [-0.2, -0.15) is 0 Å². The molecule has 0 atom stereocenters. The third kappa shape index (κ3) is 18.0. The molecule has 0 spiro atoms. The average molecular weight is 1510 g/mol. The van der Waals surface area contributed by atoms with Gasteiger partial charge < -0.3 is 30.1 Å². The summed E-state index contributed by atoms with van der Waals surface area (Å²) in [6.07, 6.45) is 40.4. The fourth-order valence-corrected chi connectivity index (χ4v) is 15.3. The lowest BCUT2D eigenvalue weighted by Crippen LogP contribution is -2.27. The van der Waals surface area contributed by atoms with E-state index in [2.05, 4.69) is 155 Å². The van der Waals surface area contributed by atoms with E-state index in [1.807, 2.05) is 104 Å². The van der Waals surface area contributed by atoms with Gasteiger partial charge in [-0.25, -0.2) is 9.59 Å². The van der Waals surface area contributed by atoms with Crippen LogP contribution in [0, 0.1) is 34.1 Å². The van der Waals surface area contributed by atoms with Crippen LogP contribution in [0.3, 0.4) is 0 Å². The molecule has 0 unspecified atom stereocenters. The van der Waals surface area contributed by atoms with Crippen LogP contribution in [-0.4, -0.2) is 52.3 Å². The number of nitrogens with zero attached hydrogens (tertiary/aromatic N) is 6. The van der Waals surface area contributed by atoms with E-state index < -0.39 is 17.3 Å². The average Bonchev–Trinajstić information content (AvgIpc) is 1.62. The highest BCUT2D eigenvalue weighted by atomic mass is 79.9. The van der Waals surface area contributed by atoms with E-state index in [1.54, 1.807) is 24.3 Å². The molecule has 108 heavy (non-hydrogen) atoms. The maximum atomic E-state index is 12.2. The molecule has 5 fully saturated rings. The lowest BCUT2D eigenvalue weighted by molar-refractivity contribution is -0.385. The molecule has 10 aromatic rings. The first kappa shape index (κ1) is 74.0.